The summed E-state index contributed by atoms with van der Waals surface area (Å²) in [5.74, 6) is -0.0270. The van der Waals surface area contributed by atoms with Crippen LogP contribution in [0.3, 0.4) is 0 Å². The number of rotatable bonds is 8. The SMILES string of the molecule is CC(C)Cc1cc(CNS(=O)(=O)Cc2cccc3ccccc23)nn1-c1ccc(F)cc1. The molecule has 7 heteroatoms. The number of sulfonamides is 1. The van der Waals surface area contributed by atoms with Crippen LogP contribution in [0.2, 0.25) is 0 Å². The van der Waals surface area contributed by atoms with Crippen molar-refractivity contribution in [2.24, 2.45) is 5.92 Å². The molecule has 1 aromatic heterocycles. The van der Waals surface area contributed by atoms with E-state index in [0.717, 1.165) is 34.1 Å². The summed E-state index contributed by atoms with van der Waals surface area (Å²) >= 11 is 0. The molecule has 0 aliphatic carbocycles. The molecule has 3 aromatic carbocycles. The van der Waals surface area contributed by atoms with Gasteiger partial charge >= 0.3 is 0 Å². The van der Waals surface area contributed by atoms with E-state index in [-0.39, 0.29) is 18.1 Å². The maximum absolute atomic E-state index is 13.3. The average molecular weight is 452 g/mol. The smallest absolute Gasteiger partial charge is 0.216 e. The molecular weight excluding hydrogens is 425 g/mol. The zero-order valence-electron chi connectivity index (χ0n) is 18.1. The Hall–Kier alpha value is -3.03. The molecule has 32 heavy (non-hydrogen) atoms. The van der Waals surface area contributed by atoms with Crippen molar-refractivity contribution in [3.05, 3.63) is 95.6 Å². The molecule has 5 nitrogen and oxygen atoms in total. The molecule has 0 aliphatic rings. The fourth-order valence-electron chi connectivity index (χ4n) is 3.79. The van der Waals surface area contributed by atoms with Gasteiger partial charge in [0, 0.05) is 5.69 Å². The second-order valence-corrected chi connectivity index (χ2v) is 10.1. The van der Waals surface area contributed by atoms with Gasteiger partial charge in [-0.15, -0.1) is 0 Å². The number of halogens is 1. The van der Waals surface area contributed by atoms with Crippen LogP contribution in [0.5, 0.6) is 0 Å². The minimum absolute atomic E-state index is 0.0897. The van der Waals surface area contributed by atoms with Crippen LogP contribution < -0.4 is 4.72 Å². The number of nitrogens with zero attached hydrogens (tertiary/aromatic N) is 2. The van der Waals surface area contributed by atoms with Gasteiger partial charge in [-0.3, -0.25) is 0 Å². The van der Waals surface area contributed by atoms with E-state index in [2.05, 4.69) is 23.7 Å². The fraction of sp³-hybridized carbons (Fsp3) is 0.240. The fourth-order valence-corrected chi connectivity index (χ4v) is 4.92. The first-order chi connectivity index (χ1) is 15.3. The van der Waals surface area contributed by atoms with Gasteiger partial charge in [0.1, 0.15) is 5.82 Å². The van der Waals surface area contributed by atoms with E-state index < -0.39 is 10.0 Å². The maximum Gasteiger partial charge on any atom is 0.216 e. The maximum atomic E-state index is 13.3. The molecule has 0 unspecified atom stereocenters. The molecule has 4 rings (SSSR count). The summed E-state index contributed by atoms with van der Waals surface area (Å²) < 4.78 is 43.4. The molecule has 0 aliphatic heterocycles. The van der Waals surface area contributed by atoms with Gasteiger partial charge < -0.3 is 0 Å². The van der Waals surface area contributed by atoms with Crippen molar-refractivity contribution in [2.45, 2.75) is 32.6 Å². The van der Waals surface area contributed by atoms with E-state index in [1.54, 1.807) is 16.8 Å². The summed E-state index contributed by atoms with van der Waals surface area (Å²) in [6, 6.07) is 21.4. The van der Waals surface area contributed by atoms with Crippen LogP contribution in [0, 0.1) is 11.7 Å². The van der Waals surface area contributed by atoms with Crippen LogP contribution in [0.1, 0.15) is 30.8 Å². The quantitative estimate of drug-likeness (QED) is 0.411. The normalized spacial score (nSPS) is 12.0. The lowest BCUT2D eigenvalue weighted by molar-refractivity contribution is 0.579. The van der Waals surface area contributed by atoms with Gasteiger partial charge in [-0.25, -0.2) is 22.2 Å². The minimum atomic E-state index is -3.57. The second kappa shape index (κ2) is 9.22. The predicted molar refractivity (Wildman–Crippen MR) is 125 cm³/mol. The highest BCUT2D eigenvalue weighted by Gasteiger charge is 2.16. The Morgan fingerprint density at radius 3 is 2.47 bits per heavy atom. The Kier molecular flexibility index (Phi) is 6.39. The number of benzene rings is 3. The lowest BCUT2D eigenvalue weighted by atomic mass is 10.1. The van der Waals surface area contributed by atoms with E-state index in [0.29, 0.717) is 11.6 Å². The van der Waals surface area contributed by atoms with Crippen LogP contribution in [0.4, 0.5) is 4.39 Å². The molecule has 4 aromatic rings. The zero-order chi connectivity index (χ0) is 22.7. The summed E-state index contributed by atoms with van der Waals surface area (Å²) in [6.07, 6.45) is 0.771. The predicted octanol–water partition coefficient (Wildman–Crippen LogP) is 4.98. The molecule has 0 saturated carbocycles. The second-order valence-electron chi connectivity index (χ2n) is 8.33. The van der Waals surface area contributed by atoms with Crippen molar-refractivity contribution in [1.29, 1.82) is 0 Å². The third-order valence-electron chi connectivity index (χ3n) is 5.22. The lowest BCUT2D eigenvalue weighted by Crippen LogP contribution is -2.25. The number of nitrogens with one attached hydrogen (secondary N) is 1. The Labute approximate surface area is 188 Å². The summed E-state index contributed by atoms with van der Waals surface area (Å²) in [6.45, 7) is 4.30. The molecule has 166 valence electrons. The summed E-state index contributed by atoms with van der Waals surface area (Å²) in [5, 5.41) is 6.53. The molecule has 1 N–H and O–H groups in total. The number of fused-ring (bicyclic) bond motifs is 1. The first-order valence-electron chi connectivity index (χ1n) is 10.6. The topological polar surface area (TPSA) is 64.0 Å². The van der Waals surface area contributed by atoms with Crippen LogP contribution in [-0.4, -0.2) is 18.2 Å². The molecule has 0 atom stereocenters. The Balaban J connectivity index is 1.54. The van der Waals surface area contributed by atoms with E-state index in [1.807, 2.05) is 48.5 Å². The first-order valence-corrected chi connectivity index (χ1v) is 12.2. The first kappa shape index (κ1) is 22.2. The van der Waals surface area contributed by atoms with Gasteiger partial charge in [-0.2, -0.15) is 5.10 Å². The third kappa shape index (κ3) is 5.23. The largest absolute Gasteiger partial charge is 0.237 e. The highest BCUT2D eigenvalue weighted by atomic mass is 32.2. The molecule has 0 amide bonds. The average Bonchev–Trinajstić information content (AvgIpc) is 3.15. The van der Waals surface area contributed by atoms with Crippen molar-refractivity contribution in [1.82, 2.24) is 14.5 Å². The van der Waals surface area contributed by atoms with E-state index in [9.17, 15) is 12.8 Å². The van der Waals surface area contributed by atoms with E-state index >= 15 is 0 Å². The van der Waals surface area contributed by atoms with Gasteiger partial charge in [0.2, 0.25) is 10.0 Å². The van der Waals surface area contributed by atoms with Gasteiger partial charge in [-0.1, -0.05) is 56.3 Å². The van der Waals surface area contributed by atoms with Crippen LogP contribution in [0.25, 0.3) is 16.5 Å². The van der Waals surface area contributed by atoms with Crippen LogP contribution in [-0.2, 0) is 28.7 Å². The van der Waals surface area contributed by atoms with E-state index in [1.165, 1.54) is 12.1 Å². The minimum Gasteiger partial charge on any atom is -0.237 e. The molecule has 0 radical (unpaired) electrons. The molecule has 0 saturated heterocycles. The number of hydrogen-bond donors (Lipinski definition) is 1. The summed E-state index contributed by atoms with van der Waals surface area (Å²) in [5.41, 5.74) is 3.07. The monoisotopic (exact) mass is 451 g/mol. The van der Waals surface area contributed by atoms with Gasteiger partial charge in [0.05, 0.1) is 23.7 Å². The van der Waals surface area contributed by atoms with Crippen LogP contribution >= 0.6 is 0 Å². The Morgan fingerprint density at radius 1 is 1.00 bits per heavy atom. The number of aromatic nitrogens is 2. The van der Waals surface area contributed by atoms with Gasteiger partial charge in [0.25, 0.3) is 0 Å². The van der Waals surface area contributed by atoms with Crippen molar-refractivity contribution >= 4 is 20.8 Å². The summed E-state index contributed by atoms with van der Waals surface area (Å²) in [7, 11) is -3.57. The van der Waals surface area contributed by atoms with Gasteiger partial charge in [-0.05, 0) is 59.0 Å². The zero-order valence-corrected chi connectivity index (χ0v) is 18.9. The van der Waals surface area contributed by atoms with Crippen molar-refractivity contribution in [2.75, 3.05) is 0 Å². The molecule has 0 fully saturated rings. The van der Waals surface area contributed by atoms with E-state index in [4.69, 9.17) is 0 Å². The van der Waals surface area contributed by atoms with Gasteiger partial charge in [0.15, 0.2) is 0 Å². The highest BCUT2D eigenvalue weighted by Crippen LogP contribution is 2.21. The molecule has 1 heterocycles. The third-order valence-corrected chi connectivity index (χ3v) is 6.50. The Morgan fingerprint density at radius 2 is 1.72 bits per heavy atom. The lowest BCUT2D eigenvalue weighted by Gasteiger charge is -2.09. The Bertz CT molecular complexity index is 1320. The van der Waals surface area contributed by atoms with Crippen LogP contribution in [0.15, 0.2) is 72.8 Å². The van der Waals surface area contributed by atoms with Crippen molar-refractivity contribution in [3.8, 4) is 5.69 Å². The van der Waals surface area contributed by atoms with Crippen molar-refractivity contribution in [3.63, 3.8) is 0 Å². The van der Waals surface area contributed by atoms with Crippen molar-refractivity contribution < 1.29 is 12.8 Å². The summed E-state index contributed by atoms with van der Waals surface area (Å²) in [4.78, 5) is 0. The molecule has 0 spiro atoms. The highest BCUT2D eigenvalue weighted by molar-refractivity contribution is 7.88. The molecule has 0 bridgehead atoms. The number of hydrogen-bond acceptors (Lipinski definition) is 3. The molecular formula is C25H26FN3O2S. The standard InChI is InChI=1S/C25H26FN3O2S/c1-18(2)14-24-15-22(28-29(24)23-12-10-21(26)11-13-23)16-27-32(30,31)17-20-8-5-7-19-6-3-4-9-25(19)20/h3-13,15,18,27H,14,16-17H2,1-2H3.